The molecule has 2 aromatic rings. The molecule has 1 aliphatic rings. The van der Waals surface area contributed by atoms with Crippen LogP contribution in [0, 0.1) is 0 Å². The molecule has 3 nitrogen and oxygen atoms in total. The van der Waals surface area contributed by atoms with Crippen LogP contribution in [0.25, 0.3) is 0 Å². The van der Waals surface area contributed by atoms with Crippen LogP contribution in [0.5, 0.6) is 0 Å². The van der Waals surface area contributed by atoms with Crippen molar-refractivity contribution in [3.8, 4) is 0 Å². The summed E-state index contributed by atoms with van der Waals surface area (Å²) in [7, 11) is 0. The molecule has 21 heavy (non-hydrogen) atoms. The molecule has 6 heteroatoms. The number of hydrogen-bond donors (Lipinski definition) is 1. The van der Waals surface area contributed by atoms with Gasteiger partial charge >= 0.3 is 0 Å². The maximum Gasteiger partial charge on any atom is 0.235 e. The third-order valence-corrected chi connectivity index (χ3v) is 5.12. The van der Waals surface area contributed by atoms with E-state index in [2.05, 4.69) is 26.2 Å². The zero-order valence-corrected chi connectivity index (χ0v) is 14.0. The summed E-state index contributed by atoms with van der Waals surface area (Å²) in [6, 6.07) is 7.43. The molecule has 1 aliphatic carbocycles. The third-order valence-electron chi connectivity index (χ3n) is 3.65. The summed E-state index contributed by atoms with van der Waals surface area (Å²) >= 11 is 15.5. The van der Waals surface area contributed by atoms with Gasteiger partial charge in [0.05, 0.1) is 26.8 Å². The Morgan fingerprint density at radius 3 is 2.71 bits per heavy atom. The normalized spacial score (nSPS) is 15.6. The molecule has 1 heterocycles. The molecule has 108 valence electrons. The van der Waals surface area contributed by atoms with Crippen LogP contribution in [0.1, 0.15) is 18.4 Å². The number of amides is 1. The molecule has 0 atom stereocenters. The predicted octanol–water partition coefficient (Wildman–Crippen LogP) is 4.82. The van der Waals surface area contributed by atoms with Crippen molar-refractivity contribution in [1.82, 2.24) is 4.98 Å². The SMILES string of the molecule is O=C(Nc1cncc(Br)c1Cl)C1(c2cccc(Cl)c2)CC1. The summed E-state index contributed by atoms with van der Waals surface area (Å²) in [6.07, 6.45) is 4.73. The van der Waals surface area contributed by atoms with Crippen LogP contribution < -0.4 is 5.32 Å². The summed E-state index contributed by atoms with van der Waals surface area (Å²) in [6.45, 7) is 0. The summed E-state index contributed by atoms with van der Waals surface area (Å²) in [5.74, 6) is -0.0773. The van der Waals surface area contributed by atoms with Crippen molar-refractivity contribution in [3.05, 3.63) is 56.7 Å². The van der Waals surface area contributed by atoms with Crippen molar-refractivity contribution in [2.45, 2.75) is 18.3 Å². The average Bonchev–Trinajstić information content (AvgIpc) is 3.25. The Hall–Kier alpha value is -1.10. The quantitative estimate of drug-likeness (QED) is 0.822. The highest BCUT2D eigenvalue weighted by atomic mass is 79.9. The molecule has 1 saturated carbocycles. The Kier molecular flexibility index (Phi) is 3.95. The fourth-order valence-corrected chi connectivity index (χ4v) is 2.97. The molecule has 1 fully saturated rings. The van der Waals surface area contributed by atoms with Crippen molar-refractivity contribution in [2.75, 3.05) is 5.32 Å². The molecule has 3 rings (SSSR count). The van der Waals surface area contributed by atoms with Crippen molar-refractivity contribution < 1.29 is 4.79 Å². The Balaban J connectivity index is 1.87. The molecule has 0 unspecified atom stereocenters. The third kappa shape index (κ3) is 2.80. The first kappa shape index (κ1) is 14.8. The monoisotopic (exact) mass is 384 g/mol. The van der Waals surface area contributed by atoms with Crippen molar-refractivity contribution in [3.63, 3.8) is 0 Å². The van der Waals surface area contributed by atoms with E-state index < -0.39 is 5.41 Å². The lowest BCUT2D eigenvalue weighted by Crippen LogP contribution is -2.28. The van der Waals surface area contributed by atoms with Crippen LogP contribution in [0.4, 0.5) is 5.69 Å². The van der Waals surface area contributed by atoms with E-state index in [-0.39, 0.29) is 5.91 Å². The molecular weight excluding hydrogens is 375 g/mol. The molecule has 1 aromatic carbocycles. The van der Waals surface area contributed by atoms with Crippen molar-refractivity contribution >= 4 is 50.7 Å². The second-order valence-corrected chi connectivity index (χ2v) is 6.70. The molecule has 0 spiro atoms. The highest BCUT2D eigenvalue weighted by Gasteiger charge is 2.51. The highest BCUT2D eigenvalue weighted by Crippen LogP contribution is 2.49. The molecule has 0 saturated heterocycles. The molecular formula is C15H11BrCl2N2O. The largest absolute Gasteiger partial charge is 0.323 e. The van der Waals surface area contributed by atoms with Crippen LogP contribution in [0.2, 0.25) is 10.0 Å². The smallest absolute Gasteiger partial charge is 0.235 e. The van der Waals surface area contributed by atoms with Crippen molar-refractivity contribution in [1.29, 1.82) is 0 Å². The maximum atomic E-state index is 12.6. The van der Waals surface area contributed by atoms with E-state index in [0.717, 1.165) is 18.4 Å². The second-order valence-electron chi connectivity index (χ2n) is 5.03. The zero-order valence-electron chi connectivity index (χ0n) is 10.9. The molecule has 0 radical (unpaired) electrons. The maximum absolute atomic E-state index is 12.6. The molecule has 1 aromatic heterocycles. The van der Waals surface area contributed by atoms with Gasteiger partial charge in [-0.15, -0.1) is 0 Å². The van der Waals surface area contributed by atoms with Crippen LogP contribution >= 0.6 is 39.1 Å². The van der Waals surface area contributed by atoms with Gasteiger partial charge in [-0.2, -0.15) is 0 Å². The lowest BCUT2D eigenvalue weighted by molar-refractivity contribution is -0.118. The molecule has 0 aliphatic heterocycles. The van der Waals surface area contributed by atoms with Gasteiger partial charge in [0, 0.05) is 11.2 Å². The summed E-state index contributed by atoms with van der Waals surface area (Å²) in [5, 5.41) is 3.94. The fraction of sp³-hybridized carbons (Fsp3) is 0.200. The molecule has 1 amide bonds. The van der Waals surface area contributed by atoms with Crippen LogP contribution in [-0.2, 0) is 10.2 Å². The topological polar surface area (TPSA) is 42.0 Å². The average molecular weight is 386 g/mol. The van der Waals surface area contributed by atoms with Crippen molar-refractivity contribution in [2.24, 2.45) is 0 Å². The van der Waals surface area contributed by atoms with E-state index in [1.54, 1.807) is 18.5 Å². The van der Waals surface area contributed by atoms with E-state index >= 15 is 0 Å². The number of nitrogens with zero attached hydrogens (tertiary/aromatic N) is 1. The van der Waals surface area contributed by atoms with E-state index in [1.165, 1.54) is 0 Å². The van der Waals surface area contributed by atoms with Gasteiger partial charge in [0.15, 0.2) is 0 Å². The van der Waals surface area contributed by atoms with Gasteiger partial charge in [0.25, 0.3) is 0 Å². The van der Waals surface area contributed by atoms with Crippen LogP contribution in [0.3, 0.4) is 0 Å². The lowest BCUT2D eigenvalue weighted by atomic mass is 9.95. The summed E-state index contributed by atoms with van der Waals surface area (Å²) < 4.78 is 0.648. The van der Waals surface area contributed by atoms with Gasteiger partial charge in [0.1, 0.15) is 0 Å². The van der Waals surface area contributed by atoms with Gasteiger partial charge < -0.3 is 5.32 Å². The van der Waals surface area contributed by atoms with Gasteiger partial charge in [-0.1, -0.05) is 35.3 Å². The number of carbonyl (C=O) groups is 1. The number of hydrogen-bond acceptors (Lipinski definition) is 2. The standard InChI is InChI=1S/C15H11BrCl2N2O/c16-11-7-19-8-12(13(11)18)20-14(21)15(4-5-15)9-2-1-3-10(17)6-9/h1-3,6-8H,4-5H2,(H,20,21). The first-order chi connectivity index (χ1) is 10.0. The lowest BCUT2D eigenvalue weighted by Gasteiger charge is -2.16. The predicted molar refractivity (Wildman–Crippen MR) is 87.9 cm³/mol. The number of rotatable bonds is 3. The number of pyridine rings is 1. The highest BCUT2D eigenvalue weighted by molar-refractivity contribution is 9.10. The Morgan fingerprint density at radius 1 is 1.29 bits per heavy atom. The molecule has 0 bridgehead atoms. The Labute approximate surface area is 140 Å². The van der Waals surface area contributed by atoms with E-state index in [1.807, 2.05) is 18.2 Å². The summed E-state index contributed by atoms with van der Waals surface area (Å²) in [4.78, 5) is 16.6. The first-order valence-electron chi connectivity index (χ1n) is 6.39. The van der Waals surface area contributed by atoms with Gasteiger partial charge in [-0.3, -0.25) is 9.78 Å². The number of nitrogens with one attached hydrogen (secondary N) is 1. The Bertz CT molecular complexity index is 717. The van der Waals surface area contributed by atoms with Gasteiger partial charge in [0.2, 0.25) is 5.91 Å². The molecule has 1 N–H and O–H groups in total. The van der Waals surface area contributed by atoms with Crippen LogP contribution in [0.15, 0.2) is 41.1 Å². The minimum absolute atomic E-state index is 0.0773. The first-order valence-corrected chi connectivity index (χ1v) is 7.94. The van der Waals surface area contributed by atoms with E-state index in [4.69, 9.17) is 23.2 Å². The number of aromatic nitrogens is 1. The van der Waals surface area contributed by atoms with E-state index in [9.17, 15) is 4.79 Å². The number of anilines is 1. The van der Waals surface area contributed by atoms with Gasteiger partial charge in [-0.05, 0) is 46.5 Å². The summed E-state index contributed by atoms with van der Waals surface area (Å²) in [5.41, 5.74) is 0.937. The Morgan fingerprint density at radius 2 is 2.05 bits per heavy atom. The van der Waals surface area contributed by atoms with Crippen LogP contribution in [-0.4, -0.2) is 10.9 Å². The minimum atomic E-state index is -0.503. The fourth-order valence-electron chi connectivity index (χ4n) is 2.31. The zero-order chi connectivity index (χ0) is 15.0. The van der Waals surface area contributed by atoms with Gasteiger partial charge in [-0.25, -0.2) is 0 Å². The minimum Gasteiger partial charge on any atom is -0.323 e. The second kappa shape index (κ2) is 5.59. The number of benzene rings is 1. The van der Waals surface area contributed by atoms with E-state index in [0.29, 0.717) is 20.2 Å². The number of halogens is 3. The number of carbonyl (C=O) groups excluding carboxylic acids is 1.